The highest BCUT2D eigenvalue weighted by atomic mass is 16.2. The number of rotatable bonds is 6. The first-order chi connectivity index (χ1) is 14.7. The van der Waals surface area contributed by atoms with Crippen molar-refractivity contribution in [2.24, 2.45) is 0 Å². The highest BCUT2D eigenvalue weighted by molar-refractivity contribution is 6.04. The van der Waals surface area contributed by atoms with Crippen LogP contribution in [0.15, 0.2) is 97.2 Å². The number of amides is 1. The number of carbonyl (C=O) groups is 1. The number of hydrogen-bond acceptors (Lipinski definition) is 4. The molecule has 0 atom stereocenters. The molecule has 0 saturated heterocycles. The molecule has 0 unspecified atom stereocenters. The second kappa shape index (κ2) is 9.01. The summed E-state index contributed by atoms with van der Waals surface area (Å²) in [6, 6.07) is 29.1. The number of anilines is 3. The van der Waals surface area contributed by atoms with Gasteiger partial charge in [-0.1, -0.05) is 66.2 Å². The molecule has 148 valence electrons. The van der Waals surface area contributed by atoms with E-state index >= 15 is 0 Å². The van der Waals surface area contributed by atoms with Gasteiger partial charge in [0.1, 0.15) is 5.69 Å². The largest absolute Gasteiger partial charge is 0.324 e. The third-order valence-electron chi connectivity index (χ3n) is 4.68. The standard InChI is InChI=1S/C25H22N4O/c1-19-12-14-21(15-13-19)27-25-26-17-16-23(28-25)24(30)29(22-10-6-3-7-11-22)18-20-8-4-2-5-9-20/h2-17H,18H2,1H3,(H,26,27,28). The maximum Gasteiger partial charge on any atom is 0.277 e. The second-order valence-corrected chi connectivity index (χ2v) is 6.97. The summed E-state index contributed by atoms with van der Waals surface area (Å²) in [5.74, 6) is 0.205. The predicted octanol–water partition coefficient (Wildman–Crippen LogP) is 5.38. The van der Waals surface area contributed by atoms with Gasteiger partial charge in [0.15, 0.2) is 0 Å². The van der Waals surface area contributed by atoms with Crippen molar-refractivity contribution in [1.82, 2.24) is 9.97 Å². The van der Waals surface area contributed by atoms with Crippen molar-refractivity contribution >= 4 is 23.2 Å². The van der Waals surface area contributed by atoms with E-state index in [2.05, 4.69) is 15.3 Å². The zero-order valence-electron chi connectivity index (χ0n) is 16.7. The number of benzene rings is 3. The summed E-state index contributed by atoms with van der Waals surface area (Å²) in [6.45, 7) is 2.49. The van der Waals surface area contributed by atoms with Crippen LogP contribution in [0, 0.1) is 6.92 Å². The zero-order chi connectivity index (χ0) is 20.8. The monoisotopic (exact) mass is 394 g/mol. The van der Waals surface area contributed by atoms with Crippen molar-refractivity contribution < 1.29 is 4.79 Å². The van der Waals surface area contributed by atoms with Gasteiger partial charge in [0.2, 0.25) is 5.95 Å². The van der Waals surface area contributed by atoms with Crippen molar-refractivity contribution in [1.29, 1.82) is 0 Å². The van der Waals surface area contributed by atoms with Crippen LogP contribution >= 0.6 is 0 Å². The molecule has 1 aromatic heterocycles. The number of aromatic nitrogens is 2. The molecule has 1 heterocycles. The summed E-state index contributed by atoms with van der Waals surface area (Å²) < 4.78 is 0. The first-order valence-electron chi connectivity index (χ1n) is 9.76. The molecule has 0 saturated carbocycles. The van der Waals surface area contributed by atoms with Crippen LogP contribution < -0.4 is 10.2 Å². The lowest BCUT2D eigenvalue weighted by Gasteiger charge is -2.23. The topological polar surface area (TPSA) is 58.1 Å². The van der Waals surface area contributed by atoms with Crippen LogP contribution in [0.5, 0.6) is 0 Å². The van der Waals surface area contributed by atoms with E-state index in [1.165, 1.54) is 5.56 Å². The zero-order valence-corrected chi connectivity index (χ0v) is 16.7. The van der Waals surface area contributed by atoms with E-state index in [0.717, 1.165) is 16.9 Å². The summed E-state index contributed by atoms with van der Waals surface area (Å²) in [4.78, 5) is 23.9. The smallest absolute Gasteiger partial charge is 0.277 e. The minimum absolute atomic E-state index is 0.181. The number of aryl methyl sites for hydroxylation is 1. The van der Waals surface area contributed by atoms with Crippen LogP contribution in [0.2, 0.25) is 0 Å². The van der Waals surface area contributed by atoms with E-state index in [4.69, 9.17) is 0 Å². The van der Waals surface area contributed by atoms with Gasteiger partial charge in [0, 0.05) is 17.6 Å². The van der Waals surface area contributed by atoms with Gasteiger partial charge in [-0.15, -0.1) is 0 Å². The Kier molecular flexibility index (Phi) is 5.80. The molecule has 30 heavy (non-hydrogen) atoms. The predicted molar refractivity (Wildman–Crippen MR) is 120 cm³/mol. The normalized spacial score (nSPS) is 10.4. The van der Waals surface area contributed by atoms with E-state index in [1.54, 1.807) is 17.2 Å². The summed E-state index contributed by atoms with van der Waals surface area (Å²) in [5.41, 5.74) is 4.23. The van der Waals surface area contributed by atoms with Crippen molar-refractivity contribution in [2.45, 2.75) is 13.5 Å². The lowest BCUT2D eigenvalue weighted by Crippen LogP contribution is -2.31. The molecule has 5 heteroatoms. The van der Waals surface area contributed by atoms with Crippen LogP contribution in [0.1, 0.15) is 21.6 Å². The van der Waals surface area contributed by atoms with Crippen molar-refractivity contribution in [3.8, 4) is 0 Å². The van der Waals surface area contributed by atoms with Gasteiger partial charge in [0.05, 0.1) is 6.54 Å². The van der Waals surface area contributed by atoms with Gasteiger partial charge in [0.25, 0.3) is 5.91 Å². The van der Waals surface area contributed by atoms with Crippen molar-refractivity contribution in [2.75, 3.05) is 10.2 Å². The van der Waals surface area contributed by atoms with Crippen LogP contribution in [-0.4, -0.2) is 15.9 Å². The average Bonchev–Trinajstić information content (AvgIpc) is 2.80. The molecule has 5 nitrogen and oxygen atoms in total. The molecular formula is C25H22N4O. The maximum atomic E-state index is 13.4. The molecule has 4 rings (SSSR count). The van der Waals surface area contributed by atoms with Gasteiger partial charge in [-0.25, -0.2) is 9.97 Å². The van der Waals surface area contributed by atoms with Crippen LogP contribution in [0.4, 0.5) is 17.3 Å². The Morgan fingerprint density at radius 2 is 1.53 bits per heavy atom. The average molecular weight is 394 g/mol. The first kappa shape index (κ1) is 19.3. The molecule has 0 fully saturated rings. The van der Waals surface area contributed by atoms with Gasteiger partial charge < -0.3 is 10.2 Å². The second-order valence-electron chi connectivity index (χ2n) is 6.97. The van der Waals surface area contributed by atoms with Crippen LogP contribution in [0.25, 0.3) is 0 Å². The molecule has 1 N–H and O–H groups in total. The molecule has 1 amide bonds. The minimum atomic E-state index is -0.181. The fourth-order valence-electron chi connectivity index (χ4n) is 3.10. The molecular weight excluding hydrogens is 372 g/mol. The molecule has 0 aliphatic heterocycles. The molecule has 0 aliphatic carbocycles. The number of para-hydroxylation sites is 1. The Bertz CT molecular complexity index is 1110. The Morgan fingerprint density at radius 1 is 0.867 bits per heavy atom. The van der Waals surface area contributed by atoms with E-state index in [9.17, 15) is 4.79 Å². The Hall–Kier alpha value is -3.99. The summed E-state index contributed by atoms with van der Waals surface area (Å²) in [6.07, 6.45) is 1.60. The minimum Gasteiger partial charge on any atom is -0.324 e. The molecule has 0 spiro atoms. The van der Waals surface area contributed by atoms with E-state index in [0.29, 0.717) is 18.2 Å². The number of hydrogen-bond donors (Lipinski definition) is 1. The van der Waals surface area contributed by atoms with Gasteiger partial charge in [-0.05, 0) is 42.8 Å². The quantitative estimate of drug-likeness (QED) is 0.477. The third-order valence-corrected chi connectivity index (χ3v) is 4.68. The van der Waals surface area contributed by atoms with Crippen LogP contribution in [-0.2, 0) is 6.54 Å². The summed E-state index contributed by atoms with van der Waals surface area (Å²) in [5, 5.41) is 3.16. The highest BCUT2D eigenvalue weighted by Crippen LogP contribution is 2.20. The fraction of sp³-hybridized carbons (Fsp3) is 0.0800. The van der Waals surface area contributed by atoms with E-state index < -0.39 is 0 Å². The Labute approximate surface area is 176 Å². The molecule has 3 aromatic carbocycles. The van der Waals surface area contributed by atoms with Gasteiger partial charge in [-0.2, -0.15) is 0 Å². The number of nitrogens with one attached hydrogen (secondary N) is 1. The SMILES string of the molecule is Cc1ccc(Nc2nccc(C(=O)N(Cc3ccccc3)c3ccccc3)n2)cc1. The molecule has 0 bridgehead atoms. The Morgan fingerprint density at radius 3 is 2.23 bits per heavy atom. The van der Waals surface area contributed by atoms with E-state index in [-0.39, 0.29) is 5.91 Å². The molecule has 4 aromatic rings. The fourth-order valence-corrected chi connectivity index (χ4v) is 3.10. The Balaban J connectivity index is 1.61. The maximum absolute atomic E-state index is 13.4. The highest BCUT2D eigenvalue weighted by Gasteiger charge is 2.20. The molecule has 0 aliphatic rings. The number of nitrogens with zero attached hydrogens (tertiary/aromatic N) is 3. The lowest BCUT2D eigenvalue weighted by atomic mass is 10.2. The summed E-state index contributed by atoms with van der Waals surface area (Å²) in [7, 11) is 0. The van der Waals surface area contributed by atoms with Gasteiger partial charge >= 0.3 is 0 Å². The first-order valence-corrected chi connectivity index (χ1v) is 9.76. The lowest BCUT2D eigenvalue weighted by molar-refractivity contribution is 0.0980. The van der Waals surface area contributed by atoms with Crippen molar-refractivity contribution in [3.05, 3.63) is 114 Å². The van der Waals surface area contributed by atoms with Crippen molar-refractivity contribution in [3.63, 3.8) is 0 Å². The summed E-state index contributed by atoms with van der Waals surface area (Å²) >= 11 is 0. The molecule has 0 radical (unpaired) electrons. The van der Waals surface area contributed by atoms with Gasteiger partial charge in [-0.3, -0.25) is 4.79 Å². The van der Waals surface area contributed by atoms with E-state index in [1.807, 2.05) is 91.9 Å². The van der Waals surface area contributed by atoms with Crippen LogP contribution in [0.3, 0.4) is 0 Å². The number of carbonyl (C=O) groups excluding carboxylic acids is 1. The third kappa shape index (κ3) is 4.70.